The standard InChI is InChI=1S/C15H11NO3/c1-10-6-15(17)19-14-7-12(2-3-13(10)14)16-8-11-4-5-18-9-11/h2-9H,1H3. The molecule has 1 aromatic carbocycles. The van der Waals surface area contributed by atoms with Gasteiger partial charge in [-0.1, -0.05) is 0 Å². The van der Waals surface area contributed by atoms with Gasteiger partial charge in [-0.15, -0.1) is 0 Å². The molecular formula is C15H11NO3. The van der Waals surface area contributed by atoms with Crippen LogP contribution in [0.25, 0.3) is 11.0 Å². The molecule has 0 radical (unpaired) electrons. The number of aryl methyl sites for hydroxylation is 1. The monoisotopic (exact) mass is 253 g/mol. The molecule has 0 atom stereocenters. The van der Waals surface area contributed by atoms with Gasteiger partial charge in [-0.05, 0) is 30.7 Å². The maximum atomic E-state index is 11.3. The van der Waals surface area contributed by atoms with E-state index in [1.807, 2.05) is 25.1 Å². The lowest BCUT2D eigenvalue weighted by Crippen LogP contribution is -1.97. The third-order valence-corrected chi connectivity index (χ3v) is 2.84. The molecule has 0 unspecified atom stereocenters. The van der Waals surface area contributed by atoms with E-state index in [2.05, 4.69) is 4.99 Å². The van der Waals surface area contributed by atoms with Gasteiger partial charge < -0.3 is 8.83 Å². The van der Waals surface area contributed by atoms with E-state index in [0.29, 0.717) is 5.58 Å². The van der Waals surface area contributed by atoms with Gasteiger partial charge in [0.2, 0.25) is 0 Å². The van der Waals surface area contributed by atoms with Crippen LogP contribution in [-0.2, 0) is 0 Å². The smallest absolute Gasteiger partial charge is 0.336 e. The van der Waals surface area contributed by atoms with Crippen molar-refractivity contribution in [2.45, 2.75) is 6.92 Å². The van der Waals surface area contributed by atoms with E-state index in [1.165, 1.54) is 6.07 Å². The first-order valence-electron chi connectivity index (χ1n) is 5.83. The first-order valence-corrected chi connectivity index (χ1v) is 5.83. The second kappa shape index (κ2) is 4.57. The molecule has 0 spiro atoms. The number of benzene rings is 1. The molecule has 4 heteroatoms. The summed E-state index contributed by atoms with van der Waals surface area (Å²) in [6.45, 7) is 1.88. The highest BCUT2D eigenvalue weighted by Gasteiger charge is 2.02. The van der Waals surface area contributed by atoms with Gasteiger partial charge in [0.05, 0.1) is 18.2 Å². The summed E-state index contributed by atoms with van der Waals surface area (Å²) in [5.74, 6) is 0. The van der Waals surface area contributed by atoms with Crippen molar-refractivity contribution in [3.63, 3.8) is 0 Å². The highest BCUT2D eigenvalue weighted by Crippen LogP contribution is 2.22. The molecular weight excluding hydrogens is 242 g/mol. The molecule has 19 heavy (non-hydrogen) atoms. The maximum absolute atomic E-state index is 11.3. The molecule has 3 rings (SSSR count). The van der Waals surface area contributed by atoms with E-state index in [9.17, 15) is 4.79 Å². The molecule has 0 amide bonds. The number of aliphatic imine (C=N–C) groups is 1. The summed E-state index contributed by atoms with van der Waals surface area (Å²) in [6, 6.07) is 8.83. The van der Waals surface area contributed by atoms with Gasteiger partial charge in [-0.25, -0.2) is 4.79 Å². The Kier molecular flexibility index (Phi) is 2.76. The molecule has 2 heterocycles. The van der Waals surface area contributed by atoms with Crippen molar-refractivity contribution in [2.24, 2.45) is 4.99 Å². The number of furan rings is 1. The zero-order valence-electron chi connectivity index (χ0n) is 10.3. The van der Waals surface area contributed by atoms with Crippen LogP contribution in [0, 0.1) is 6.92 Å². The van der Waals surface area contributed by atoms with E-state index >= 15 is 0 Å². The minimum absolute atomic E-state index is 0.346. The van der Waals surface area contributed by atoms with E-state index in [1.54, 1.807) is 24.8 Å². The van der Waals surface area contributed by atoms with Crippen LogP contribution < -0.4 is 5.63 Å². The Bertz CT molecular complexity index is 798. The van der Waals surface area contributed by atoms with Crippen LogP contribution in [0.1, 0.15) is 11.1 Å². The lowest BCUT2D eigenvalue weighted by molar-refractivity contribution is 0.560. The zero-order chi connectivity index (χ0) is 13.2. The topological polar surface area (TPSA) is 55.7 Å². The summed E-state index contributed by atoms with van der Waals surface area (Å²) in [5.41, 5.74) is 2.71. The molecule has 0 aliphatic heterocycles. The first-order chi connectivity index (χ1) is 9.22. The summed E-state index contributed by atoms with van der Waals surface area (Å²) >= 11 is 0. The van der Waals surface area contributed by atoms with Crippen molar-refractivity contribution >= 4 is 22.9 Å². The molecule has 0 aliphatic carbocycles. The number of hydrogen-bond acceptors (Lipinski definition) is 4. The van der Waals surface area contributed by atoms with Gasteiger partial charge >= 0.3 is 5.63 Å². The minimum atomic E-state index is -0.346. The average molecular weight is 253 g/mol. The van der Waals surface area contributed by atoms with Crippen LogP contribution in [-0.4, -0.2) is 6.21 Å². The summed E-state index contributed by atoms with van der Waals surface area (Å²) in [4.78, 5) is 15.7. The summed E-state index contributed by atoms with van der Waals surface area (Å²) < 4.78 is 10.1. The summed E-state index contributed by atoms with van der Waals surface area (Å²) in [6.07, 6.45) is 4.89. The van der Waals surface area contributed by atoms with Crippen LogP contribution in [0.5, 0.6) is 0 Å². The quantitative estimate of drug-likeness (QED) is 0.519. The SMILES string of the molecule is Cc1cc(=O)oc2cc(N=Cc3ccoc3)ccc12. The Balaban J connectivity index is 2.04. The lowest BCUT2D eigenvalue weighted by atomic mass is 10.1. The Labute approximate surface area is 109 Å². The number of rotatable bonds is 2. The number of fused-ring (bicyclic) bond motifs is 1. The molecule has 2 aromatic heterocycles. The van der Waals surface area contributed by atoms with Gasteiger partial charge in [0.25, 0.3) is 0 Å². The fourth-order valence-electron chi connectivity index (χ4n) is 1.89. The van der Waals surface area contributed by atoms with Crippen molar-refractivity contribution in [2.75, 3.05) is 0 Å². The molecule has 0 aliphatic rings. The normalized spacial score (nSPS) is 11.4. The van der Waals surface area contributed by atoms with Gasteiger partial charge in [0.15, 0.2) is 0 Å². The molecule has 3 aromatic rings. The Morgan fingerprint density at radius 1 is 1.21 bits per heavy atom. The molecule has 0 saturated heterocycles. The predicted octanol–water partition coefficient (Wildman–Crippen LogP) is 3.45. The fraction of sp³-hybridized carbons (Fsp3) is 0.0667. The second-order valence-corrected chi connectivity index (χ2v) is 4.24. The highest BCUT2D eigenvalue weighted by molar-refractivity contribution is 5.85. The van der Waals surface area contributed by atoms with Crippen molar-refractivity contribution in [1.82, 2.24) is 0 Å². The minimum Gasteiger partial charge on any atom is -0.472 e. The zero-order valence-corrected chi connectivity index (χ0v) is 10.3. The first kappa shape index (κ1) is 11.5. The van der Waals surface area contributed by atoms with Crippen LogP contribution in [0.2, 0.25) is 0 Å². The number of hydrogen-bond donors (Lipinski definition) is 0. The molecule has 0 saturated carbocycles. The summed E-state index contributed by atoms with van der Waals surface area (Å²) in [5, 5.41) is 0.918. The molecule has 0 fully saturated rings. The van der Waals surface area contributed by atoms with Gasteiger partial charge in [0.1, 0.15) is 5.58 Å². The van der Waals surface area contributed by atoms with Crippen molar-refractivity contribution in [3.05, 3.63) is 64.4 Å². The Morgan fingerprint density at radius 2 is 2.11 bits per heavy atom. The van der Waals surface area contributed by atoms with Crippen LogP contribution in [0.3, 0.4) is 0 Å². The van der Waals surface area contributed by atoms with Crippen LogP contribution in [0.4, 0.5) is 5.69 Å². The molecule has 0 N–H and O–H groups in total. The Hall–Kier alpha value is -2.62. The third kappa shape index (κ3) is 2.33. The summed E-state index contributed by atoms with van der Waals surface area (Å²) in [7, 11) is 0. The third-order valence-electron chi connectivity index (χ3n) is 2.84. The van der Waals surface area contributed by atoms with E-state index in [4.69, 9.17) is 8.83 Å². The second-order valence-electron chi connectivity index (χ2n) is 4.24. The van der Waals surface area contributed by atoms with Gasteiger partial charge in [-0.3, -0.25) is 4.99 Å². The van der Waals surface area contributed by atoms with Crippen molar-refractivity contribution in [3.8, 4) is 0 Å². The average Bonchev–Trinajstić information content (AvgIpc) is 2.88. The van der Waals surface area contributed by atoms with E-state index in [0.717, 1.165) is 22.2 Å². The van der Waals surface area contributed by atoms with Gasteiger partial charge in [-0.2, -0.15) is 0 Å². The largest absolute Gasteiger partial charge is 0.472 e. The van der Waals surface area contributed by atoms with Crippen molar-refractivity contribution < 1.29 is 8.83 Å². The van der Waals surface area contributed by atoms with Crippen molar-refractivity contribution in [1.29, 1.82) is 0 Å². The maximum Gasteiger partial charge on any atom is 0.336 e. The molecule has 94 valence electrons. The van der Waals surface area contributed by atoms with E-state index in [-0.39, 0.29) is 5.63 Å². The van der Waals surface area contributed by atoms with Crippen LogP contribution >= 0.6 is 0 Å². The molecule has 4 nitrogen and oxygen atoms in total. The van der Waals surface area contributed by atoms with Crippen LogP contribution in [0.15, 0.2) is 61.5 Å². The fourth-order valence-corrected chi connectivity index (χ4v) is 1.89. The highest BCUT2D eigenvalue weighted by atomic mass is 16.4. The number of nitrogens with zero attached hydrogens (tertiary/aromatic N) is 1. The van der Waals surface area contributed by atoms with E-state index < -0.39 is 0 Å². The predicted molar refractivity (Wildman–Crippen MR) is 73.2 cm³/mol. The van der Waals surface area contributed by atoms with Gasteiger partial charge in [0, 0.05) is 29.3 Å². The molecule has 0 bridgehead atoms. The Morgan fingerprint density at radius 3 is 2.89 bits per heavy atom. The lowest BCUT2D eigenvalue weighted by Gasteiger charge is -2.00.